The van der Waals surface area contributed by atoms with E-state index in [1.807, 2.05) is 52.0 Å². The molecule has 170 valence electrons. The summed E-state index contributed by atoms with van der Waals surface area (Å²) in [4.78, 5) is 18.5. The minimum Gasteiger partial charge on any atom is -0.481 e. The third kappa shape index (κ3) is 5.10. The molecular formula is C22H31N3O5S. The van der Waals surface area contributed by atoms with Crippen LogP contribution in [0.15, 0.2) is 35.4 Å². The standard InChI is InChI=1S/C22H31N3O5S/c1-6-17-15-24(21(26)30-22(2,3)4)12-9-13-25(17)31(27,28)19-14-16-10-7-8-11-18(16)20(23-19)29-5/h7-8,10-11,14,17H,6,9,12-13,15H2,1-5H3. The number of hydrogen-bond acceptors (Lipinski definition) is 6. The molecule has 0 aliphatic carbocycles. The Labute approximate surface area is 184 Å². The first-order chi connectivity index (χ1) is 14.6. The third-order valence-electron chi connectivity index (χ3n) is 5.22. The van der Waals surface area contributed by atoms with Gasteiger partial charge in [0.15, 0.2) is 5.03 Å². The lowest BCUT2D eigenvalue weighted by Crippen LogP contribution is -2.46. The fourth-order valence-corrected chi connectivity index (χ4v) is 5.42. The Morgan fingerprint density at radius 2 is 1.94 bits per heavy atom. The van der Waals surface area contributed by atoms with Gasteiger partial charge in [0.2, 0.25) is 5.88 Å². The van der Waals surface area contributed by atoms with Gasteiger partial charge in [-0.3, -0.25) is 0 Å². The third-order valence-corrected chi connectivity index (χ3v) is 7.05. The van der Waals surface area contributed by atoms with Gasteiger partial charge in [0.25, 0.3) is 10.0 Å². The summed E-state index contributed by atoms with van der Waals surface area (Å²) in [5.74, 6) is 0.273. The minimum atomic E-state index is -3.89. The van der Waals surface area contributed by atoms with Crippen LogP contribution in [0.3, 0.4) is 0 Å². The maximum atomic E-state index is 13.6. The molecule has 1 aliphatic heterocycles. The predicted octanol–water partition coefficient (Wildman–Crippen LogP) is 3.65. The van der Waals surface area contributed by atoms with Crippen LogP contribution < -0.4 is 4.74 Å². The molecule has 1 aromatic carbocycles. The highest BCUT2D eigenvalue weighted by Crippen LogP contribution is 2.29. The largest absolute Gasteiger partial charge is 0.481 e. The molecule has 2 heterocycles. The summed E-state index contributed by atoms with van der Waals surface area (Å²) in [6.07, 6.45) is 0.652. The molecule has 1 unspecified atom stereocenters. The van der Waals surface area contributed by atoms with Crippen LogP contribution in [0.5, 0.6) is 5.88 Å². The Hall–Kier alpha value is -2.39. The summed E-state index contributed by atoms with van der Waals surface area (Å²) in [5.41, 5.74) is -0.609. The van der Waals surface area contributed by atoms with Crippen LogP contribution in [-0.2, 0) is 14.8 Å². The number of methoxy groups -OCH3 is 1. The van der Waals surface area contributed by atoms with Crippen LogP contribution in [0.25, 0.3) is 10.8 Å². The Balaban J connectivity index is 1.93. The van der Waals surface area contributed by atoms with E-state index < -0.39 is 21.7 Å². The zero-order chi connectivity index (χ0) is 22.8. The van der Waals surface area contributed by atoms with Crippen LogP contribution in [0.2, 0.25) is 0 Å². The number of sulfonamides is 1. The molecule has 9 heteroatoms. The van der Waals surface area contributed by atoms with Gasteiger partial charge in [-0.15, -0.1) is 0 Å². The highest BCUT2D eigenvalue weighted by atomic mass is 32.2. The first kappa shape index (κ1) is 23.3. The van der Waals surface area contributed by atoms with Crippen molar-refractivity contribution in [2.45, 2.75) is 57.2 Å². The van der Waals surface area contributed by atoms with E-state index in [9.17, 15) is 13.2 Å². The van der Waals surface area contributed by atoms with Gasteiger partial charge in [0, 0.05) is 31.1 Å². The van der Waals surface area contributed by atoms with Crippen LogP contribution in [0.4, 0.5) is 4.79 Å². The quantitative estimate of drug-likeness (QED) is 0.708. The van der Waals surface area contributed by atoms with Gasteiger partial charge in [0.1, 0.15) is 5.60 Å². The van der Waals surface area contributed by atoms with Crippen molar-refractivity contribution in [1.29, 1.82) is 0 Å². The number of pyridine rings is 1. The molecule has 1 aromatic heterocycles. The summed E-state index contributed by atoms with van der Waals surface area (Å²) in [6.45, 7) is 8.37. The summed E-state index contributed by atoms with van der Waals surface area (Å²) >= 11 is 0. The number of benzene rings is 1. The highest BCUT2D eigenvalue weighted by Gasteiger charge is 2.37. The number of ether oxygens (including phenoxy) is 2. The molecule has 0 bridgehead atoms. The van der Waals surface area contributed by atoms with Gasteiger partial charge in [-0.05, 0) is 51.1 Å². The molecule has 1 fully saturated rings. The monoisotopic (exact) mass is 449 g/mol. The fraction of sp³-hybridized carbons (Fsp3) is 0.545. The molecule has 8 nitrogen and oxygen atoms in total. The first-order valence-corrected chi connectivity index (χ1v) is 11.9. The van der Waals surface area contributed by atoms with E-state index in [2.05, 4.69) is 4.98 Å². The van der Waals surface area contributed by atoms with Gasteiger partial charge < -0.3 is 14.4 Å². The van der Waals surface area contributed by atoms with Crippen molar-refractivity contribution in [3.8, 4) is 5.88 Å². The number of hydrogen-bond donors (Lipinski definition) is 0. The van der Waals surface area contributed by atoms with Crippen molar-refractivity contribution in [1.82, 2.24) is 14.2 Å². The highest BCUT2D eigenvalue weighted by molar-refractivity contribution is 7.89. The second-order valence-corrected chi connectivity index (χ2v) is 10.5. The topological polar surface area (TPSA) is 89.0 Å². The summed E-state index contributed by atoms with van der Waals surface area (Å²) in [5, 5.41) is 1.45. The van der Waals surface area contributed by atoms with Crippen LogP contribution in [-0.4, -0.2) is 67.1 Å². The zero-order valence-corrected chi connectivity index (χ0v) is 19.6. The molecule has 0 radical (unpaired) electrons. The van der Waals surface area contributed by atoms with Crippen molar-refractivity contribution >= 4 is 26.9 Å². The number of aromatic nitrogens is 1. The van der Waals surface area contributed by atoms with Crippen molar-refractivity contribution in [2.24, 2.45) is 0 Å². The van der Waals surface area contributed by atoms with Gasteiger partial charge in [-0.25, -0.2) is 13.2 Å². The fourth-order valence-electron chi connectivity index (χ4n) is 3.73. The molecule has 0 spiro atoms. The molecule has 3 rings (SSSR count). The molecule has 2 aromatic rings. The molecule has 0 N–H and O–H groups in total. The lowest BCUT2D eigenvalue weighted by atomic mass is 10.2. The average molecular weight is 450 g/mol. The number of rotatable bonds is 4. The van der Waals surface area contributed by atoms with E-state index in [0.29, 0.717) is 25.9 Å². The van der Waals surface area contributed by atoms with Crippen LogP contribution >= 0.6 is 0 Å². The lowest BCUT2D eigenvalue weighted by molar-refractivity contribution is 0.0240. The Kier molecular flexibility index (Phi) is 6.76. The van der Waals surface area contributed by atoms with E-state index >= 15 is 0 Å². The summed E-state index contributed by atoms with van der Waals surface area (Å²) < 4.78 is 39.5. The minimum absolute atomic E-state index is 0.0489. The zero-order valence-electron chi connectivity index (χ0n) is 18.8. The predicted molar refractivity (Wildman–Crippen MR) is 119 cm³/mol. The van der Waals surface area contributed by atoms with E-state index in [-0.39, 0.29) is 23.5 Å². The number of amides is 1. The van der Waals surface area contributed by atoms with E-state index in [1.165, 1.54) is 11.4 Å². The van der Waals surface area contributed by atoms with Crippen molar-refractivity contribution in [3.63, 3.8) is 0 Å². The van der Waals surface area contributed by atoms with Gasteiger partial charge in [-0.2, -0.15) is 9.29 Å². The summed E-state index contributed by atoms with van der Waals surface area (Å²) in [6, 6.07) is 8.58. The normalized spacial score (nSPS) is 18.6. The maximum absolute atomic E-state index is 13.6. The van der Waals surface area contributed by atoms with E-state index in [1.54, 1.807) is 11.0 Å². The maximum Gasteiger partial charge on any atom is 0.410 e. The van der Waals surface area contributed by atoms with Crippen LogP contribution in [0, 0.1) is 0 Å². The number of fused-ring (bicyclic) bond motifs is 1. The van der Waals surface area contributed by atoms with Crippen molar-refractivity contribution in [3.05, 3.63) is 30.3 Å². The number of carbonyl (C=O) groups excluding carboxylic acids is 1. The number of nitrogens with zero attached hydrogens (tertiary/aromatic N) is 3. The van der Waals surface area contributed by atoms with Crippen LogP contribution in [0.1, 0.15) is 40.5 Å². The smallest absolute Gasteiger partial charge is 0.410 e. The molecule has 1 aliphatic rings. The first-order valence-electron chi connectivity index (χ1n) is 10.5. The average Bonchev–Trinajstić information content (AvgIpc) is 2.94. The molecular weight excluding hydrogens is 418 g/mol. The van der Waals surface area contributed by atoms with Gasteiger partial charge in [-0.1, -0.05) is 25.1 Å². The molecule has 1 atom stereocenters. The Morgan fingerprint density at radius 3 is 2.58 bits per heavy atom. The Morgan fingerprint density at radius 1 is 1.23 bits per heavy atom. The van der Waals surface area contributed by atoms with E-state index in [0.717, 1.165) is 10.8 Å². The van der Waals surface area contributed by atoms with Gasteiger partial charge in [0.05, 0.1) is 7.11 Å². The van der Waals surface area contributed by atoms with E-state index in [4.69, 9.17) is 9.47 Å². The molecule has 0 saturated carbocycles. The lowest BCUT2D eigenvalue weighted by Gasteiger charge is -2.31. The second-order valence-electron chi connectivity index (χ2n) is 8.65. The Bertz CT molecular complexity index is 1050. The summed E-state index contributed by atoms with van der Waals surface area (Å²) in [7, 11) is -2.41. The SMILES string of the molecule is CCC1CN(C(=O)OC(C)(C)C)CCCN1S(=O)(=O)c1cc2ccccc2c(OC)n1. The van der Waals surface area contributed by atoms with Gasteiger partial charge >= 0.3 is 6.09 Å². The number of carbonyl (C=O) groups is 1. The van der Waals surface area contributed by atoms with Crippen molar-refractivity contribution < 1.29 is 22.7 Å². The molecule has 1 amide bonds. The molecule has 31 heavy (non-hydrogen) atoms. The van der Waals surface area contributed by atoms with Crippen molar-refractivity contribution in [2.75, 3.05) is 26.7 Å². The molecule has 1 saturated heterocycles. The second kappa shape index (κ2) is 9.00.